The van der Waals surface area contributed by atoms with E-state index in [9.17, 15) is 32.5 Å². The number of carbonyl (C=O) groups excluding carboxylic acids is 3. The Morgan fingerprint density at radius 1 is 0.884 bits per heavy atom. The molecule has 0 spiro atoms. The van der Waals surface area contributed by atoms with Crippen LogP contribution < -0.4 is 43.8 Å². The third kappa shape index (κ3) is 7.74. The van der Waals surface area contributed by atoms with Crippen LogP contribution in [0.1, 0.15) is 36.0 Å². The molecule has 1 aliphatic rings. The minimum atomic E-state index is -5.05. The van der Waals surface area contributed by atoms with Crippen molar-refractivity contribution in [3.05, 3.63) is 89.5 Å². The van der Waals surface area contributed by atoms with Crippen LogP contribution >= 0.6 is 0 Å². The molecule has 12 nitrogen and oxygen atoms in total. The molecule has 0 radical (unpaired) electrons. The first-order chi connectivity index (χ1) is 20.0. The fourth-order valence-corrected chi connectivity index (χ4v) is 5.10. The van der Waals surface area contributed by atoms with E-state index in [4.69, 9.17) is 14.2 Å². The van der Waals surface area contributed by atoms with Gasteiger partial charge in [-0.15, -0.1) is 5.06 Å². The summed E-state index contributed by atoms with van der Waals surface area (Å²) in [7, 11) is -1.94. The van der Waals surface area contributed by atoms with Crippen molar-refractivity contribution in [2.75, 3.05) is 20.8 Å². The van der Waals surface area contributed by atoms with Crippen LogP contribution in [0.25, 0.3) is 0 Å². The SMILES string of the molecule is COc1ccc(C(O)(c2ccc(OC)cc2)c2ccc(OCCCC(=O)ON3C(=O)CC(S(=O)(=O)[O-])C3=O)cc2)cc1.[Na+]. The maximum absolute atomic E-state index is 12.1. The molecule has 1 unspecified atom stereocenters. The summed E-state index contributed by atoms with van der Waals surface area (Å²) in [6.07, 6.45) is -0.983. The molecule has 2 amide bonds. The van der Waals surface area contributed by atoms with Gasteiger partial charge in [0.1, 0.15) is 38.2 Å². The normalized spacial score (nSPS) is 15.1. The molecule has 1 atom stereocenters. The molecule has 1 aliphatic heterocycles. The molecule has 0 saturated carbocycles. The molecular weight excluding hydrogens is 593 g/mol. The number of carbonyl (C=O) groups is 3. The van der Waals surface area contributed by atoms with Crippen molar-refractivity contribution in [3.63, 3.8) is 0 Å². The topological polar surface area (TPSA) is 169 Å². The average Bonchev–Trinajstić information content (AvgIpc) is 3.28. The van der Waals surface area contributed by atoms with E-state index in [1.165, 1.54) is 0 Å². The summed E-state index contributed by atoms with van der Waals surface area (Å²) in [5, 5.41) is 9.98. The summed E-state index contributed by atoms with van der Waals surface area (Å²) in [6, 6.07) is 20.9. The van der Waals surface area contributed by atoms with Crippen molar-refractivity contribution in [2.24, 2.45) is 0 Å². The van der Waals surface area contributed by atoms with E-state index >= 15 is 0 Å². The van der Waals surface area contributed by atoms with E-state index in [0.717, 1.165) is 0 Å². The van der Waals surface area contributed by atoms with Gasteiger partial charge in [-0.05, 0) is 59.5 Å². The number of rotatable bonds is 12. The van der Waals surface area contributed by atoms with Gasteiger partial charge in [-0.1, -0.05) is 36.4 Å². The Morgan fingerprint density at radius 3 is 1.72 bits per heavy atom. The summed E-state index contributed by atoms with van der Waals surface area (Å²) in [5.41, 5.74) is 0.257. The number of ether oxygens (including phenoxy) is 3. The van der Waals surface area contributed by atoms with E-state index in [0.29, 0.717) is 33.9 Å². The van der Waals surface area contributed by atoms with Crippen LogP contribution in [-0.4, -0.2) is 67.0 Å². The van der Waals surface area contributed by atoms with Crippen molar-refractivity contribution in [3.8, 4) is 17.2 Å². The van der Waals surface area contributed by atoms with Crippen LogP contribution in [0.5, 0.6) is 17.2 Å². The molecule has 0 aromatic heterocycles. The second-order valence-corrected chi connectivity index (χ2v) is 10.9. The van der Waals surface area contributed by atoms with E-state index in [-0.39, 0.29) is 54.1 Å². The van der Waals surface area contributed by atoms with E-state index in [1.54, 1.807) is 87.0 Å². The second-order valence-electron chi connectivity index (χ2n) is 9.32. The number of methoxy groups -OCH3 is 2. The fourth-order valence-electron chi connectivity index (χ4n) is 4.41. The van der Waals surface area contributed by atoms with Crippen LogP contribution in [0.2, 0.25) is 0 Å². The Bertz CT molecular complexity index is 1500. The molecule has 14 heteroatoms. The predicted molar refractivity (Wildman–Crippen MR) is 145 cm³/mol. The number of benzene rings is 3. The minimum Gasteiger partial charge on any atom is -0.747 e. The van der Waals surface area contributed by atoms with Gasteiger partial charge in [-0.3, -0.25) is 9.59 Å². The number of imide groups is 1. The van der Waals surface area contributed by atoms with Gasteiger partial charge in [-0.25, -0.2) is 13.2 Å². The van der Waals surface area contributed by atoms with Crippen LogP contribution in [0.15, 0.2) is 72.8 Å². The molecule has 1 heterocycles. The average molecular weight is 622 g/mol. The summed E-state index contributed by atoms with van der Waals surface area (Å²) < 4.78 is 49.5. The molecule has 0 bridgehead atoms. The first kappa shape index (κ1) is 34.0. The van der Waals surface area contributed by atoms with Crippen molar-refractivity contribution in [1.82, 2.24) is 5.06 Å². The molecule has 3 aromatic carbocycles. The second kappa shape index (κ2) is 14.3. The van der Waals surface area contributed by atoms with Gasteiger partial charge in [-0.2, -0.15) is 0 Å². The third-order valence-corrected chi connectivity index (χ3v) is 7.75. The van der Waals surface area contributed by atoms with E-state index in [1.807, 2.05) is 0 Å². The first-order valence-electron chi connectivity index (χ1n) is 12.7. The number of nitrogens with zero attached hydrogens (tertiary/aromatic N) is 1. The number of hydrogen-bond acceptors (Lipinski definition) is 11. The predicted octanol–water partition coefficient (Wildman–Crippen LogP) is -0.718. The van der Waals surface area contributed by atoms with Gasteiger partial charge < -0.3 is 28.7 Å². The summed E-state index contributed by atoms with van der Waals surface area (Å²) in [6.45, 7) is 0.0646. The number of amides is 2. The van der Waals surface area contributed by atoms with Gasteiger partial charge in [0.15, 0.2) is 0 Å². The molecule has 4 rings (SSSR count). The van der Waals surface area contributed by atoms with Crippen molar-refractivity contribution in [2.45, 2.75) is 30.1 Å². The van der Waals surface area contributed by atoms with Crippen molar-refractivity contribution in [1.29, 1.82) is 0 Å². The monoisotopic (exact) mass is 621 g/mol. The molecule has 1 N–H and O–H groups in total. The largest absolute Gasteiger partial charge is 1.00 e. The third-order valence-electron chi connectivity index (χ3n) is 6.69. The number of hydroxylamine groups is 2. The molecule has 1 saturated heterocycles. The maximum atomic E-state index is 12.1. The smallest absolute Gasteiger partial charge is 0.747 e. The van der Waals surface area contributed by atoms with Gasteiger partial charge in [0.05, 0.1) is 33.7 Å². The fraction of sp³-hybridized carbons (Fsp3) is 0.276. The maximum Gasteiger partial charge on any atom is 1.00 e. The summed E-state index contributed by atoms with van der Waals surface area (Å²) >= 11 is 0. The van der Waals surface area contributed by atoms with Gasteiger partial charge in [0.2, 0.25) is 0 Å². The summed E-state index contributed by atoms with van der Waals surface area (Å²) in [5.74, 6) is -1.71. The van der Waals surface area contributed by atoms with Gasteiger partial charge in [0, 0.05) is 0 Å². The van der Waals surface area contributed by atoms with Gasteiger partial charge in [0.25, 0.3) is 11.8 Å². The van der Waals surface area contributed by atoms with Crippen LogP contribution in [0.4, 0.5) is 0 Å². The molecule has 222 valence electrons. The van der Waals surface area contributed by atoms with E-state index in [2.05, 4.69) is 4.84 Å². The molecular formula is C29H28NNaO11S. The Kier molecular flexibility index (Phi) is 11.4. The zero-order chi connectivity index (χ0) is 30.5. The number of hydrogen-bond donors (Lipinski definition) is 1. The Labute approximate surface area is 270 Å². The van der Waals surface area contributed by atoms with E-state index < -0.39 is 45.2 Å². The standard InChI is InChI=1S/C29H29NO11S.Na/c1-38-22-11-5-19(6-12-22)29(34,20-7-13-23(39-2)14-8-20)21-9-15-24(16-10-21)40-17-3-4-27(32)41-30-26(31)18-25(28(30)33)42(35,36)37;/h5-16,25,34H,3-4,17-18H2,1-2H3,(H,35,36,37);/q;+1/p-1. The first-order valence-corrected chi connectivity index (χ1v) is 14.2. The van der Waals surface area contributed by atoms with Crippen LogP contribution in [-0.2, 0) is 34.9 Å². The minimum absolute atomic E-state index is 0. The number of aliphatic hydroxyl groups is 1. The molecule has 1 fully saturated rings. The van der Waals surface area contributed by atoms with Crippen molar-refractivity contribution < 1.29 is 81.1 Å². The zero-order valence-electron chi connectivity index (χ0n) is 23.7. The van der Waals surface area contributed by atoms with Crippen molar-refractivity contribution >= 4 is 27.9 Å². The molecule has 3 aromatic rings. The Hall–Kier alpha value is -3.46. The molecule has 0 aliphatic carbocycles. The quantitative estimate of drug-likeness (QED) is 0.0891. The Balaban J connectivity index is 0.00000506. The van der Waals surface area contributed by atoms with Crippen LogP contribution in [0.3, 0.4) is 0 Å². The van der Waals surface area contributed by atoms with Gasteiger partial charge >= 0.3 is 35.5 Å². The molecule has 43 heavy (non-hydrogen) atoms. The van der Waals surface area contributed by atoms with Crippen LogP contribution in [0, 0.1) is 0 Å². The Morgan fingerprint density at radius 2 is 1.33 bits per heavy atom. The summed E-state index contributed by atoms with van der Waals surface area (Å²) in [4.78, 5) is 40.5. The zero-order valence-corrected chi connectivity index (χ0v) is 26.5.